The number of benzene rings is 1. The van der Waals surface area contributed by atoms with Crippen molar-refractivity contribution >= 4 is 35.6 Å². The largest absolute Gasteiger partial charge is 0.370 e. The highest BCUT2D eigenvalue weighted by atomic mass is 127. The van der Waals surface area contributed by atoms with Gasteiger partial charge in [0.25, 0.3) is 0 Å². The lowest BCUT2D eigenvalue weighted by Gasteiger charge is -2.27. The van der Waals surface area contributed by atoms with Gasteiger partial charge >= 0.3 is 0 Å². The summed E-state index contributed by atoms with van der Waals surface area (Å²) < 4.78 is 0. The highest BCUT2D eigenvalue weighted by Crippen LogP contribution is 2.27. The molecule has 0 bridgehead atoms. The number of nitrogens with zero attached hydrogens (tertiary/aromatic N) is 2. The molecule has 0 aromatic heterocycles. The van der Waals surface area contributed by atoms with E-state index in [9.17, 15) is 0 Å². The Bertz CT molecular complexity index is 536. The van der Waals surface area contributed by atoms with Crippen LogP contribution in [0.5, 0.6) is 0 Å². The molecule has 1 saturated heterocycles. The number of aryl methyl sites for hydroxylation is 1. The number of nitrogens with one attached hydrogen (secondary N) is 1. The third-order valence-electron chi connectivity index (χ3n) is 5.02. The number of anilines is 1. The second kappa shape index (κ2) is 8.87. The first-order valence-corrected chi connectivity index (χ1v) is 8.58. The van der Waals surface area contributed by atoms with Crippen LogP contribution in [0.1, 0.15) is 36.8 Å². The molecule has 0 amide bonds. The first-order valence-electron chi connectivity index (χ1n) is 8.58. The maximum absolute atomic E-state index is 6.11. The summed E-state index contributed by atoms with van der Waals surface area (Å²) in [5, 5.41) is 3.34. The highest BCUT2D eigenvalue weighted by Gasteiger charge is 2.16. The molecular weight excluding hydrogens is 399 g/mol. The number of guanidine groups is 1. The van der Waals surface area contributed by atoms with E-state index in [1.807, 2.05) is 0 Å². The summed E-state index contributed by atoms with van der Waals surface area (Å²) >= 11 is 0. The fourth-order valence-corrected chi connectivity index (χ4v) is 3.55. The number of halogens is 1. The predicted molar refractivity (Wildman–Crippen MR) is 109 cm³/mol. The van der Waals surface area contributed by atoms with E-state index in [4.69, 9.17) is 5.73 Å². The van der Waals surface area contributed by atoms with Gasteiger partial charge in [-0.15, -0.1) is 24.0 Å². The zero-order chi connectivity index (χ0) is 15.4. The lowest BCUT2D eigenvalue weighted by atomic mass is 9.90. The summed E-state index contributed by atoms with van der Waals surface area (Å²) in [5.41, 5.74) is 10.2. The number of fused-ring (bicyclic) bond motifs is 1. The Morgan fingerprint density at radius 3 is 2.78 bits per heavy atom. The standard InChI is InChI=1S/C18H28N4.HI/c1-22-11-9-14(10-12-22)13-20-18(19)21-17-8-4-6-15-5-2-3-7-16(15)17;/h4,6,8,14H,2-3,5,7,9-13H2,1H3,(H3,19,20,21);1H. The number of rotatable bonds is 3. The van der Waals surface area contributed by atoms with E-state index in [1.165, 1.54) is 56.3 Å². The fourth-order valence-electron chi connectivity index (χ4n) is 3.55. The Morgan fingerprint density at radius 1 is 1.26 bits per heavy atom. The molecule has 1 aromatic rings. The zero-order valence-electron chi connectivity index (χ0n) is 14.1. The number of piperidine rings is 1. The fraction of sp³-hybridized carbons (Fsp3) is 0.611. The molecule has 3 N–H and O–H groups in total. The minimum Gasteiger partial charge on any atom is -0.370 e. The van der Waals surface area contributed by atoms with Gasteiger partial charge in [0.1, 0.15) is 0 Å². The van der Waals surface area contributed by atoms with Crippen LogP contribution >= 0.6 is 24.0 Å². The SMILES string of the molecule is CN1CCC(CN=C(N)Nc2cccc3c2CCCC3)CC1.I. The minimum absolute atomic E-state index is 0. The van der Waals surface area contributed by atoms with Gasteiger partial charge < -0.3 is 16.0 Å². The molecule has 4 nitrogen and oxygen atoms in total. The van der Waals surface area contributed by atoms with Crippen LogP contribution < -0.4 is 11.1 Å². The molecule has 3 rings (SSSR count). The molecule has 1 heterocycles. The normalized spacial score (nSPS) is 19.8. The lowest BCUT2D eigenvalue weighted by Crippen LogP contribution is -2.32. The average Bonchev–Trinajstić information content (AvgIpc) is 2.55. The van der Waals surface area contributed by atoms with Crippen molar-refractivity contribution in [2.45, 2.75) is 38.5 Å². The van der Waals surface area contributed by atoms with E-state index in [1.54, 1.807) is 0 Å². The molecule has 1 aliphatic carbocycles. The van der Waals surface area contributed by atoms with Gasteiger partial charge in [0.05, 0.1) is 0 Å². The molecule has 5 heteroatoms. The van der Waals surface area contributed by atoms with E-state index in [0.717, 1.165) is 18.7 Å². The van der Waals surface area contributed by atoms with Crippen LogP contribution in [-0.4, -0.2) is 37.5 Å². The second-order valence-electron chi connectivity index (χ2n) is 6.75. The zero-order valence-corrected chi connectivity index (χ0v) is 16.4. The van der Waals surface area contributed by atoms with E-state index < -0.39 is 0 Å². The van der Waals surface area contributed by atoms with Gasteiger partial charge in [0.15, 0.2) is 5.96 Å². The first-order chi connectivity index (χ1) is 10.7. The maximum atomic E-state index is 6.11. The van der Waals surface area contributed by atoms with Crippen molar-refractivity contribution in [2.24, 2.45) is 16.6 Å². The van der Waals surface area contributed by atoms with E-state index in [2.05, 4.69) is 40.5 Å². The van der Waals surface area contributed by atoms with Gasteiger partial charge in [-0.1, -0.05) is 12.1 Å². The third-order valence-corrected chi connectivity index (χ3v) is 5.02. The molecule has 128 valence electrons. The van der Waals surface area contributed by atoms with Crippen molar-refractivity contribution in [2.75, 3.05) is 32.0 Å². The highest BCUT2D eigenvalue weighted by molar-refractivity contribution is 14.0. The summed E-state index contributed by atoms with van der Waals surface area (Å²) in [6.07, 6.45) is 7.38. The van der Waals surface area contributed by atoms with Crippen LogP contribution in [0.25, 0.3) is 0 Å². The number of likely N-dealkylation sites (tertiary alicyclic amines) is 1. The van der Waals surface area contributed by atoms with Crippen LogP contribution in [0.4, 0.5) is 5.69 Å². The summed E-state index contributed by atoms with van der Waals surface area (Å²) in [6, 6.07) is 6.49. The number of hydrogen-bond acceptors (Lipinski definition) is 2. The predicted octanol–water partition coefficient (Wildman–Crippen LogP) is 3.25. The Balaban J connectivity index is 0.00000192. The molecule has 1 fully saturated rings. The van der Waals surface area contributed by atoms with Crippen molar-refractivity contribution in [1.82, 2.24) is 4.90 Å². The first kappa shape index (κ1) is 18.5. The van der Waals surface area contributed by atoms with Gasteiger partial charge in [0.2, 0.25) is 0 Å². The molecule has 0 saturated carbocycles. The van der Waals surface area contributed by atoms with Crippen molar-refractivity contribution in [1.29, 1.82) is 0 Å². The van der Waals surface area contributed by atoms with Gasteiger partial charge in [0, 0.05) is 12.2 Å². The molecule has 0 radical (unpaired) electrons. The number of nitrogens with two attached hydrogens (primary N) is 1. The molecule has 2 aliphatic rings. The van der Waals surface area contributed by atoms with E-state index in [0.29, 0.717) is 11.9 Å². The quantitative estimate of drug-likeness (QED) is 0.442. The average molecular weight is 428 g/mol. The van der Waals surface area contributed by atoms with Crippen LogP contribution in [0.15, 0.2) is 23.2 Å². The maximum Gasteiger partial charge on any atom is 0.193 e. The Morgan fingerprint density at radius 2 is 2.00 bits per heavy atom. The summed E-state index contributed by atoms with van der Waals surface area (Å²) in [5.74, 6) is 1.25. The number of hydrogen-bond donors (Lipinski definition) is 2. The molecule has 1 aromatic carbocycles. The summed E-state index contributed by atoms with van der Waals surface area (Å²) in [7, 11) is 2.19. The van der Waals surface area contributed by atoms with Gasteiger partial charge in [-0.2, -0.15) is 0 Å². The molecule has 1 aliphatic heterocycles. The van der Waals surface area contributed by atoms with Gasteiger partial charge in [-0.25, -0.2) is 0 Å². The molecule has 0 spiro atoms. The topological polar surface area (TPSA) is 53.6 Å². The Hall–Kier alpha value is -0.820. The smallest absolute Gasteiger partial charge is 0.193 e. The van der Waals surface area contributed by atoms with Crippen molar-refractivity contribution < 1.29 is 0 Å². The summed E-state index contributed by atoms with van der Waals surface area (Å²) in [4.78, 5) is 6.97. The summed E-state index contributed by atoms with van der Waals surface area (Å²) in [6.45, 7) is 3.21. The van der Waals surface area contributed by atoms with Crippen molar-refractivity contribution in [3.05, 3.63) is 29.3 Å². The lowest BCUT2D eigenvalue weighted by molar-refractivity contribution is 0.224. The van der Waals surface area contributed by atoms with E-state index >= 15 is 0 Å². The minimum atomic E-state index is 0. The monoisotopic (exact) mass is 428 g/mol. The van der Waals surface area contributed by atoms with Gasteiger partial charge in [-0.3, -0.25) is 4.99 Å². The molecular formula is C18H29IN4. The Kier molecular flexibility index (Phi) is 7.14. The van der Waals surface area contributed by atoms with Crippen molar-refractivity contribution in [3.63, 3.8) is 0 Å². The van der Waals surface area contributed by atoms with Crippen LogP contribution in [-0.2, 0) is 12.8 Å². The molecule has 23 heavy (non-hydrogen) atoms. The van der Waals surface area contributed by atoms with Gasteiger partial charge in [-0.05, 0) is 81.8 Å². The second-order valence-corrected chi connectivity index (χ2v) is 6.75. The van der Waals surface area contributed by atoms with Crippen LogP contribution in [0, 0.1) is 5.92 Å². The molecule has 0 unspecified atom stereocenters. The third kappa shape index (κ3) is 5.08. The van der Waals surface area contributed by atoms with Crippen molar-refractivity contribution in [3.8, 4) is 0 Å². The van der Waals surface area contributed by atoms with Crippen LogP contribution in [0.2, 0.25) is 0 Å². The Labute approximate surface area is 156 Å². The number of aliphatic imine (C=N–C) groups is 1. The van der Waals surface area contributed by atoms with Crippen LogP contribution in [0.3, 0.4) is 0 Å². The van der Waals surface area contributed by atoms with E-state index in [-0.39, 0.29) is 24.0 Å². The molecule has 0 atom stereocenters.